The molecule has 3 aromatic rings. The van der Waals surface area contributed by atoms with Crippen molar-refractivity contribution in [1.29, 1.82) is 0 Å². The van der Waals surface area contributed by atoms with E-state index in [2.05, 4.69) is 9.97 Å². The van der Waals surface area contributed by atoms with E-state index < -0.39 is 6.09 Å². The summed E-state index contributed by atoms with van der Waals surface area (Å²) in [6.45, 7) is 4.10. The quantitative estimate of drug-likeness (QED) is 0.420. The van der Waals surface area contributed by atoms with E-state index in [1.54, 1.807) is 24.5 Å². The highest BCUT2D eigenvalue weighted by molar-refractivity contribution is 5.66. The van der Waals surface area contributed by atoms with Crippen molar-refractivity contribution >= 4 is 6.09 Å². The highest BCUT2D eigenvalue weighted by atomic mass is 19.1. The fourth-order valence-electron chi connectivity index (χ4n) is 3.98. The number of nitrogens with zero attached hydrogens (tertiary/aromatic N) is 3. The summed E-state index contributed by atoms with van der Waals surface area (Å²) in [5, 5.41) is 19.1. The van der Waals surface area contributed by atoms with Gasteiger partial charge in [-0.25, -0.2) is 19.2 Å². The number of aromatic nitrogens is 2. The molecule has 0 spiro atoms. The zero-order chi connectivity index (χ0) is 23.8. The molecule has 174 valence electrons. The van der Waals surface area contributed by atoms with Crippen LogP contribution in [-0.4, -0.2) is 44.3 Å². The molecule has 0 saturated heterocycles. The Balaban J connectivity index is 1.72. The van der Waals surface area contributed by atoms with Crippen molar-refractivity contribution in [2.45, 2.75) is 45.1 Å². The van der Waals surface area contributed by atoms with Crippen LogP contribution < -0.4 is 0 Å². The largest absolute Gasteiger partial charge is 0.465 e. The van der Waals surface area contributed by atoms with Crippen LogP contribution in [0.4, 0.5) is 9.18 Å². The number of aliphatic hydroxyl groups excluding tert-OH is 1. The Hall–Kier alpha value is -3.32. The van der Waals surface area contributed by atoms with Crippen LogP contribution in [-0.2, 0) is 0 Å². The predicted octanol–water partition coefficient (Wildman–Crippen LogP) is 5.58. The first kappa shape index (κ1) is 24.3. The van der Waals surface area contributed by atoms with Crippen molar-refractivity contribution in [2.24, 2.45) is 0 Å². The number of aryl methyl sites for hydroxylation is 1. The smallest absolute Gasteiger partial charge is 0.407 e. The van der Waals surface area contributed by atoms with Crippen LogP contribution in [0.5, 0.6) is 0 Å². The molecule has 0 fully saturated rings. The molecular weight excluding hydrogens is 421 g/mol. The minimum atomic E-state index is -0.987. The van der Waals surface area contributed by atoms with E-state index in [4.69, 9.17) is 0 Å². The van der Waals surface area contributed by atoms with Crippen molar-refractivity contribution in [2.75, 3.05) is 13.2 Å². The number of carboxylic acid groups (broad SMARTS) is 1. The Morgan fingerprint density at radius 1 is 0.970 bits per heavy atom. The summed E-state index contributed by atoms with van der Waals surface area (Å²) >= 11 is 0. The van der Waals surface area contributed by atoms with Crippen molar-refractivity contribution in [1.82, 2.24) is 14.9 Å². The lowest BCUT2D eigenvalue weighted by atomic mass is 9.90. The van der Waals surface area contributed by atoms with Crippen molar-refractivity contribution in [3.8, 4) is 11.1 Å². The summed E-state index contributed by atoms with van der Waals surface area (Å²) in [5.74, 6) is 0.441. The minimum absolute atomic E-state index is 0.0377. The van der Waals surface area contributed by atoms with Gasteiger partial charge in [0.25, 0.3) is 0 Å². The molecule has 0 saturated carbocycles. The van der Waals surface area contributed by atoms with Gasteiger partial charge in [0.2, 0.25) is 0 Å². The monoisotopic (exact) mass is 451 g/mol. The Bertz CT molecular complexity index is 1020. The fraction of sp³-hybridized carbons (Fsp3) is 0.346. The zero-order valence-corrected chi connectivity index (χ0v) is 19.0. The van der Waals surface area contributed by atoms with Crippen molar-refractivity contribution < 1.29 is 19.4 Å². The van der Waals surface area contributed by atoms with Crippen LogP contribution in [0.1, 0.15) is 55.1 Å². The maximum atomic E-state index is 13.3. The number of rotatable bonds is 10. The maximum Gasteiger partial charge on any atom is 0.407 e. The molecule has 2 aromatic carbocycles. The van der Waals surface area contributed by atoms with E-state index in [0.717, 1.165) is 22.3 Å². The summed E-state index contributed by atoms with van der Waals surface area (Å²) in [6.07, 6.45) is 4.45. The van der Waals surface area contributed by atoms with Gasteiger partial charge in [-0.15, -0.1) is 0 Å². The van der Waals surface area contributed by atoms with Crippen LogP contribution in [0.2, 0.25) is 0 Å². The molecule has 0 radical (unpaired) electrons. The molecule has 0 aliphatic carbocycles. The number of hydrogen-bond acceptors (Lipinski definition) is 4. The van der Waals surface area contributed by atoms with E-state index in [1.807, 2.05) is 38.1 Å². The standard InChI is InChI=1S/C26H30FN3O3/c1-18(20-5-7-23(8-6-20)24-16-28-19(2)29-17-24)30(26(32)33)14-13-21(4-3-15-31)22-9-11-25(27)12-10-22/h5-12,16-18,21,31H,3-4,13-15H2,1-2H3,(H,32,33)/t18-,21-/m0/s1. The van der Waals surface area contributed by atoms with Gasteiger partial charge in [0.05, 0.1) is 6.04 Å². The second-order valence-corrected chi connectivity index (χ2v) is 8.20. The van der Waals surface area contributed by atoms with Gasteiger partial charge in [0.15, 0.2) is 0 Å². The van der Waals surface area contributed by atoms with Gasteiger partial charge in [0, 0.05) is 31.1 Å². The third-order valence-corrected chi connectivity index (χ3v) is 5.99. The molecule has 1 amide bonds. The first-order valence-corrected chi connectivity index (χ1v) is 11.1. The topological polar surface area (TPSA) is 86.5 Å². The van der Waals surface area contributed by atoms with Gasteiger partial charge >= 0.3 is 6.09 Å². The number of amides is 1. The van der Waals surface area contributed by atoms with Gasteiger partial charge in [-0.3, -0.25) is 0 Å². The van der Waals surface area contributed by atoms with Crippen LogP contribution in [0.3, 0.4) is 0 Å². The van der Waals surface area contributed by atoms with Crippen molar-refractivity contribution in [3.63, 3.8) is 0 Å². The fourth-order valence-corrected chi connectivity index (χ4v) is 3.98. The molecule has 0 unspecified atom stereocenters. The molecule has 0 aliphatic rings. The zero-order valence-electron chi connectivity index (χ0n) is 19.0. The number of halogens is 1. The Labute approximate surface area is 193 Å². The van der Waals surface area contributed by atoms with E-state index in [9.17, 15) is 19.4 Å². The third kappa shape index (κ3) is 6.58. The summed E-state index contributed by atoms with van der Waals surface area (Å²) in [5.41, 5.74) is 3.71. The Morgan fingerprint density at radius 3 is 2.15 bits per heavy atom. The Morgan fingerprint density at radius 2 is 1.58 bits per heavy atom. The number of aliphatic hydroxyl groups is 1. The molecule has 2 N–H and O–H groups in total. The van der Waals surface area contributed by atoms with Crippen LogP contribution in [0, 0.1) is 12.7 Å². The molecule has 1 aromatic heterocycles. The lowest BCUT2D eigenvalue weighted by molar-refractivity contribution is 0.125. The van der Waals surface area contributed by atoms with Crippen LogP contribution in [0.15, 0.2) is 60.9 Å². The lowest BCUT2D eigenvalue weighted by Gasteiger charge is -2.29. The predicted molar refractivity (Wildman–Crippen MR) is 125 cm³/mol. The second-order valence-electron chi connectivity index (χ2n) is 8.20. The Kier molecular flexibility index (Phi) is 8.49. The summed E-state index contributed by atoms with van der Waals surface area (Å²) in [7, 11) is 0. The van der Waals surface area contributed by atoms with Crippen LogP contribution >= 0.6 is 0 Å². The first-order chi connectivity index (χ1) is 15.9. The summed E-state index contributed by atoms with van der Waals surface area (Å²) < 4.78 is 13.3. The van der Waals surface area contributed by atoms with Gasteiger partial charge in [-0.2, -0.15) is 0 Å². The molecule has 3 rings (SSSR count). The molecule has 2 atom stereocenters. The average Bonchev–Trinajstić information content (AvgIpc) is 2.82. The van der Waals surface area contributed by atoms with E-state index >= 15 is 0 Å². The molecule has 1 heterocycles. The second kappa shape index (κ2) is 11.5. The summed E-state index contributed by atoms with van der Waals surface area (Å²) in [4.78, 5) is 21.9. The average molecular weight is 452 g/mol. The van der Waals surface area contributed by atoms with Crippen molar-refractivity contribution in [3.05, 3.63) is 83.7 Å². The SMILES string of the molecule is Cc1ncc(-c2ccc([C@H](C)N(CC[C@H](CCCO)c3ccc(F)cc3)C(=O)O)cc2)cn1. The minimum Gasteiger partial charge on any atom is -0.465 e. The number of benzene rings is 2. The van der Waals surface area contributed by atoms with E-state index in [0.29, 0.717) is 31.6 Å². The highest BCUT2D eigenvalue weighted by Gasteiger charge is 2.23. The number of hydrogen-bond donors (Lipinski definition) is 2. The molecular formula is C26H30FN3O3. The van der Waals surface area contributed by atoms with Crippen LogP contribution in [0.25, 0.3) is 11.1 Å². The lowest BCUT2D eigenvalue weighted by Crippen LogP contribution is -2.34. The molecule has 7 heteroatoms. The molecule has 0 aliphatic heterocycles. The first-order valence-electron chi connectivity index (χ1n) is 11.1. The molecule has 0 bridgehead atoms. The molecule has 33 heavy (non-hydrogen) atoms. The van der Waals surface area contributed by atoms with E-state index in [-0.39, 0.29) is 24.4 Å². The molecule has 6 nitrogen and oxygen atoms in total. The van der Waals surface area contributed by atoms with E-state index in [1.165, 1.54) is 17.0 Å². The maximum absolute atomic E-state index is 13.3. The summed E-state index contributed by atoms with van der Waals surface area (Å²) in [6, 6.07) is 13.7. The van der Waals surface area contributed by atoms with Gasteiger partial charge in [0.1, 0.15) is 11.6 Å². The van der Waals surface area contributed by atoms with Gasteiger partial charge < -0.3 is 15.1 Å². The number of carbonyl (C=O) groups is 1. The van der Waals surface area contributed by atoms with Gasteiger partial charge in [-0.05, 0) is 67.9 Å². The van der Waals surface area contributed by atoms with Gasteiger partial charge in [-0.1, -0.05) is 36.4 Å². The third-order valence-electron chi connectivity index (χ3n) is 5.99. The highest BCUT2D eigenvalue weighted by Crippen LogP contribution is 2.29. The normalized spacial score (nSPS) is 12.8.